The zero-order valence-corrected chi connectivity index (χ0v) is 11.5. The molecular weight excluding hydrogens is 287 g/mol. The average Bonchev–Trinajstić information content (AvgIpc) is 2.38. The zero-order chi connectivity index (χ0) is 16.0. The highest BCUT2D eigenvalue weighted by atomic mass is 19.4. The van der Waals surface area contributed by atoms with Crippen molar-refractivity contribution >= 4 is 17.4 Å². The van der Waals surface area contributed by atoms with Gasteiger partial charge in [0.15, 0.2) is 5.78 Å². The van der Waals surface area contributed by atoms with E-state index in [0.29, 0.717) is 0 Å². The van der Waals surface area contributed by atoms with Gasteiger partial charge in [-0.25, -0.2) is 0 Å². The second-order valence-electron chi connectivity index (χ2n) is 4.07. The minimum atomic E-state index is -4.44. The summed E-state index contributed by atoms with van der Waals surface area (Å²) < 4.78 is 42.1. The molecule has 0 unspecified atom stereocenters. The van der Waals surface area contributed by atoms with Gasteiger partial charge in [0.25, 0.3) is 5.91 Å². The van der Waals surface area contributed by atoms with Crippen LogP contribution in [0.1, 0.15) is 19.4 Å². The molecule has 7 heteroatoms. The number of alkyl halides is 3. The number of hydrogen-bond acceptors (Lipinski definition) is 3. The lowest BCUT2D eigenvalue weighted by atomic mass is 10.1. The van der Waals surface area contributed by atoms with Gasteiger partial charge in [-0.2, -0.15) is 13.2 Å². The van der Waals surface area contributed by atoms with E-state index >= 15 is 0 Å². The Kier molecular flexibility index (Phi) is 5.52. The van der Waals surface area contributed by atoms with E-state index in [1.54, 1.807) is 6.92 Å². The summed E-state index contributed by atoms with van der Waals surface area (Å²) in [6.45, 7) is 3.16. The topological polar surface area (TPSA) is 55.4 Å². The molecule has 0 saturated heterocycles. The lowest BCUT2D eigenvalue weighted by Gasteiger charge is -2.09. The van der Waals surface area contributed by atoms with Gasteiger partial charge in [-0.15, -0.1) is 0 Å². The Bertz CT molecular complexity index is 548. The summed E-state index contributed by atoms with van der Waals surface area (Å²) in [5.74, 6) is -1.25. The van der Waals surface area contributed by atoms with E-state index in [4.69, 9.17) is 4.74 Å². The van der Waals surface area contributed by atoms with Crippen LogP contribution >= 0.6 is 0 Å². The van der Waals surface area contributed by atoms with Gasteiger partial charge in [-0.1, -0.05) is 0 Å². The minimum absolute atomic E-state index is 0.150. The van der Waals surface area contributed by atoms with Crippen molar-refractivity contribution in [2.24, 2.45) is 0 Å². The molecule has 0 bridgehead atoms. The molecule has 0 fully saturated rings. The van der Waals surface area contributed by atoms with Gasteiger partial charge in [0.2, 0.25) is 0 Å². The Morgan fingerprint density at radius 2 is 1.81 bits per heavy atom. The number of amides is 1. The number of anilines is 1. The summed E-state index contributed by atoms with van der Waals surface area (Å²) in [7, 11) is 0. The number of halogens is 3. The summed E-state index contributed by atoms with van der Waals surface area (Å²) in [6.07, 6.45) is -3.41. The van der Waals surface area contributed by atoms with Crippen LogP contribution in [0.3, 0.4) is 0 Å². The Morgan fingerprint density at radius 1 is 1.24 bits per heavy atom. The van der Waals surface area contributed by atoms with Crippen molar-refractivity contribution in [2.45, 2.75) is 20.0 Å². The van der Waals surface area contributed by atoms with Crippen LogP contribution in [0.5, 0.6) is 0 Å². The summed E-state index contributed by atoms with van der Waals surface area (Å²) in [5.41, 5.74) is -0.884. The van der Waals surface area contributed by atoms with E-state index in [1.165, 1.54) is 6.92 Å². The van der Waals surface area contributed by atoms with Crippen molar-refractivity contribution in [1.82, 2.24) is 0 Å². The largest absolute Gasteiger partial charge is 0.501 e. The second-order valence-corrected chi connectivity index (χ2v) is 4.07. The number of hydrogen-bond donors (Lipinski definition) is 1. The zero-order valence-electron chi connectivity index (χ0n) is 11.5. The molecule has 4 nitrogen and oxygen atoms in total. The third-order valence-corrected chi connectivity index (χ3v) is 2.46. The van der Waals surface area contributed by atoms with E-state index in [2.05, 4.69) is 5.32 Å². The summed E-state index contributed by atoms with van der Waals surface area (Å²) in [6, 6.07) is 3.91. The average molecular weight is 301 g/mol. The molecule has 1 aromatic carbocycles. The molecule has 1 rings (SSSR count). The van der Waals surface area contributed by atoms with E-state index in [1.807, 2.05) is 0 Å². The van der Waals surface area contributed by atoms with E-state index in [9.17, 15) is 22.8 Å². The molecule has 0 aliphatic carbocycles. The Labute approximate surface area is 119 Å². The van der Waals surface area contributed by atoms with Crippen LogP contribution in [-0.4, -0.2) is 18.3 Å². The predicted octanol–water partition coefficient (Wildman–Crippen LogP) is 3.15. The summed E-state index contributed by atoms with van der Waals surface area (Å²) in [5, 5.41) is 2.34. The fourth-order valence-electron chi connectivity index (χ4n) is 1.40. The second kappa shape index (κ2) is 6.92. The Balaban J connectivity index is 2.85. The van der Waals surface area contributed by atoms with Gasteiger partial charge in [0, 0.05) is 5.69 Å². The quantitative estimate of drug-likeness (QED) is 0.393. The highest BCUT2D eigenvalue weighted by molar-refractivity contribution is 6.22. The number of Topliss-reactive ketones (excluding diaryl/α,β-unsaturated/α-hetero) is 1. The number of carbonyl (C=O) groups is 2. The molecule has 21 heavy (non-hydrogen) atoms. The maximum Gasteiger partial charge on any atom is 0.416 e. The van der Waals surface area contributed by atoms with Crippen molar-refractivity contribution < 1.29 is 27.5 Å². The minimum Gasteiger partial charge on any atom is -0.501 e. The van der Waals surface area contributed by atoms with Crippen LogP contribution in [0.15, 0.2) is 36.1 Å². The molecule has 1 aromatic rings. The molecule has 0 atom stereocenters. The van der Waals surface area contributed by atoms with Gasteiger partial charge >= 0.3 is 6.18 Å². The highest BCUT2D eigenvalue weighted by Crippen LogP contribution is 2.29. The van der Waals surface area contributed by atoms with Crippen LogP contribution in [0.4, 0.5) is 18.9 Å². The van der Waals surface area contributed by atoms with Crippen LogP contribution in [0.25, 0.3) is 0 Å². The molecule has 0 aliphatic rings. The first kappa shape index (κ1) is 16.7. The van der Waals surface area contributed by atoms with Crippen molar-refractivity contribution in [3.8, 4) is 0 Å². The van der Waals surface area contributed by atoms with Gasteiger partial charge < -0.3 is 10.1 Å². The number of ketones is 1. The first-order chi connectivity index (χ1) is 9.75. The molecule has 0 aromatic heterocycles. The monoisotopic (exact) mass is 301 g/mol. The highest BCUT2D eigenvalue weighted by Gasteiger charge is 2.30. The van der Waals surface area contributed by atoms with Gasteiger partial charge in [0.1, 0.15) is 5.57 Å². The normalized spacial score (nSPS) is 12.0. The lowest BCUT2D eigenvalue weighted by Crippen LogP contribution is -2.19. The van der Waals surface area contributed by atoms with Gasteiger partial charge in [-0.3, -0.25) is 9.59 Å². The number of carbonyl (C=O) groups excluding carboxylic acids is 2. The molecule has 0 radical (unpaired) electrons. The van der Waals surface area contributed by atoms with Gasteiger partial charge in [0.05, 0.1) is 18.4 Å². The molecule has 0 spiro atoms. The maximum absolute atomic E-state index is 12.4. The molecular formula is C14H14F3NO3. The smallest absolute Gasteiger partial charge is 0.416 e. The Hall–Kier alpha value is -2.31. The summed E-state index contributed by atoms with van der Waals surface area (Å²) in [4.78, 5) is 23.1. The fourth-order valence-corrected chi connectivity index (χ4v) is 1.40. The first-order valence-electron chi connectivity index (χ1n) is 6.07. The lowest BCUT2D eigenvalue weighted by molar-refractivity contribution is -0.137. The standard InChI is InChI=1S/C14H14F3NO3/c1-3-21-8-12(9(2)19)13(20)18-11-6-4-10(5-7-11)14(15,16)17/h4-8H,3H2,1-2H3,(H,18,20)/b12-8+. The predicted molar refractivity (Wildman–Crippen MR) is 70.5 cm³/mol. The molecule has 0 heterocycles. The molecule has 1 N–H and O–H groups in total. The molecule has 1 amide bonds. The van der Waals surface area contributed by atoms with Crippen molar-refractivity contribution in [3.63, 3.8) is 0 Å². The van der Waals surface area contributed by atoms with Crippen molar-refractivity contribution in [3.05, 3.63) is 41.7 Å². The molecule has 0 saturated carbocycles. The first-order valence-corrected chi connectivity index (χ1v) is 6.07. The van der Waals surface area contributed by atoms with Crippen LogP contribution < -0.4 is 5.32 Å². The third kappa shape index (κ3) is 4.94. The van der Waals surface area contributed by atoms with Crippen LogP contribution in [0.2, 0.25) is 0 Å². The summed E-state index contributed by atoms with van der Waals surface area (Å²) >= 11 is 0. The maximum atomic E-state index is 12.4. The number of nitrogens with one attached hydrogen (secondary N) is 1. The van der Waals surface area contributed by atoms with E-state index in [-0.39, 0.29) is 17.9 Å². The number of rotatable bonds is 5. The fraction of sp³-hybridized carbons (Fsp3) is 0.286. The van der Waals surface area contributed by atoms with Crippen LogP contribution in [0, 0.1) is 0 Å². The molecule has 114 valence electrons. The number of ether oxygens (including phenoxy) is 1. The third-order valence-electron chi connectivity index (χ3n) is 2.46. The Morgan fingerprint density at radius 3 is 2.24 bits per heavy atom. The van der Waals surface area contributed by atoms with Crippen molar-refractivity contribution in [2.75, 3.05) is 11.9 Å². The van der Waals surface area contributed by atoms with Crippen molar-refractivity contribution in [1.29, 1.82) is 0 Å². The molecule has 0 aliphatic heterocycles. The number of benzene rings is 1. The van der Waals surface area contributed by atoms with E-state index < -0.39 is 23.4 Å². The van der Waals surface area contributed by atoms with Crippen LogP contribution in [-0.2, 0) is 20.5 Å². The SMILES string of the molecule is CCO/C=C(\C(C)=O)C(=O)Nc1ccc(C(F)(F)F)cc1. The van der Waals surface area contributed by atoms with E-state index in [0.717, 1.165) is 30.5 Å². The van der Waals surface area contributed by atoms with Gasteiger partial charge in [-0.05, 0) is 38.1 Å².